The lowest BCUT2D eigenvalue weighted by molar-refractivity contribution is 0.423. The Kier molecular flexibility index (Phi) is 4.96. The Labute approximate surface area is 148 Å². The fourth-order valence-corrected chi connectivity index (χ4v) is 3.33. The van der Waals surface area contributed by atoms with Crippen LogP contribution in [0.1, 0.15) is 68.6 Å². The van der Waals surface area contributed by atoms with Gasteiger partial charge in [-0.25, -0.2) is 0 Å². The highest BCUT2D eigenvalue weighted by atomic mass is 79.9. The maximum Gasteiger partial charge on any atom is 0.123 e. The molecule has 2 rings (SSSR count). The summed E-state index contributed by atoms with van der Waals surface area (Å²) in [5.41, 5.74) is 4.19. The zero-order valence-corrected chi connectivity index (χ0v) is 16.5. The van der Waals surface area contributed by atoms with Gasteiger partial charge in [0.15, 0.2) is 0 Å². The van der Waals surface area contributed by atoms with Crippen molar-refractivity contribution < 1.29 is 5.11 Å². The molecule has 0 heterocycles. The summed E-state index contributed by atoms with van der Waals surface area (Å²) in [6.45, 7) is 12.9. The van der Waals surface area contributed by atoms with Crippen molar-refractivity contribution in [3.8, 4) is 5.75 Å². The van der Waals surface area contributed by atoms with E-state index in [9.17, 15) is 5.11 Å². The Bertz CT molecular complexity index is 640. The zero-order valence-electron chi connectivity index (χ0n) is 14.9. The zero-order chi connectivity index (χ0) is 17.4. The van der Waals surface area contributed by atoms with Crippen LogP contribution in [0.4, 0.5) is 0 Å². The molecule has 0 saturated carbocycles. The van der Waals surface area contributed by atoms with Gasteiger partial charge in [0.05, 0.1) is 4.83 Å². The Balaban J connectivity index is 2.65. The molecule has 0 saturated heterocycles. The van der Waals surface area contributed by atoms with E-state index in [-0.39, 0.29) is 15.7 Å². The molecule has 0 fully saturated rings. The van der Waals surface area contributed by atoms with E-state index in [4.69, 9.17) is 0 Å². The van der Waals surface area contributed by atoms with Crippen molar-refractivity contribution in [2.24, 2.45) is 0 Å². The van der Waals surface area contributed by atoms with Crippen LogP contribution in [0.25, 0.3) is 0 Å². The summed E-state index contributed by atoms with van der Waals surface area (Å²) in [7, 11) is 0. The Morgan fingerprint density at radius 1 is 0.783 bits per heavy atom. The number of phenolic OH excluding ortho intramolecular Hbond substituents is 1. The van der Waals surface area contributed by atoms with Gasteiger partial charge in [0.1, 0.15) is 5.75 Å². The second-order valence-electron chi connectivity index (χ2n) is 8.24. The van der Waals surface area contributed by atoms with Gasteiger partial charge in [0.2, 0.25) is 0 Å². The van der Waals surface area contributed by atoms with E-state index in [0.29, 0.717) is 5.75 Å². The van der Waals surface area contributed by atoms with Crippen LogP contribution >= 0.6 is 15.9 Å². The van der Waals surface area contributed by atoms with Crippen LogP contribution in [0, 0.1) is 0 Å². The molecule has 0 radical (unpaired) electrons. The number of halogens is 1. The van der Waals surface area contributed by atoms with Gasteiger partial charge in [-0.15, -0.1) is 0 Å². The minimum atomic E-state index is -0.108. The van der Waals surface area contributed by atoms with E-state index in [1.807, 2.05) is 6.07 Å². The summed E-state index contributed by atoms with van der Waals surface area (Å²) in [5, 5.41) is 10.8. The number of hydrogen-bond acceptors (Lipinski definition) is 1. The van der Waals surface area contributed by atoms with Crippen LogP contribution < -0.4 is 0 Å². The van der Waals surface area contributed by atoms with E-state index < -0.39 is 0 Å². The van der Waals surface area contributed by atoms with Crippen LogP contribution in [-0.4, -0.2) is 5.11 Å². The summed E-state index contributed by atoms with van der Waals surface area (Å²) in [6, 6.07) is 14.7. The minimum Gasteiger partial charge on any atom is -0.507 e. The SMILES string of the molecule is CC(C)(C)c1cc(C(Br)c2ccccc2)cc(C(C)(C)C)c1O. The normalized spacial score (nSPS) is 13.9. The number of alkyl halides is 1. The fourth-order valence-electron chi connectivity index (χ4n) is 2.76. The lowest BCUT2D eigenvalue weighted by Crippen LogP contribution is -2.18. The van der Waals surface area contributed by atoms with Crippen molar-refractivity contribution in [3.63, 3.8) is 0 Å². The fraction of sp³-hybridized carbons (Fsp3) is 0.429. The second-order valence-corrected chi connectivity index (χ2v) is 9.15. The first-order valence-corrected chi connectivity index (χ1v) is 9.00. The molecule has 0 aliphatic carbocycles. The lowest BCUT2D eigenvalue weighted by Gasteiger charge is -2.29. The highest BCUT2D eigenvalue weighted by Gasteiger charge is 2.27. The Morgan fingerprint density at radius 2 is 1.22 bits per heavy atom. The molecule has 0 aromatic heterocycles. The molecule has 1 nitrogen and oxygen atoms in total. The van der Waals surface area contributed by atoms with Gasteiger partial charge in [0, 0.05) is 0 Å². The average Bonchev–Trinajstić information content (AvgIpc) is 2.45. The van der Waals surface area contributed by atoms with Crippen LogP contribution in [0.2, 0.25) is 0 Å². The second kappa shape index (κ2) is 6.32. The van der Waals surface area contributed by atoms with Gasteiger partial charge >= 0.3 is 0 Å². The Hall–Kier alpha value is -1.28. The standard InChI is InChI=1S/C21H27BrO/c1-20(2,3)16-12-15(13-17(19(16)23)21(4,5)6)18(22)14-10-8-7-9-11-14/h7-13,18,23H,1-6H3. The topological polar surface area (TPSA) is 20.2 Å². The smallest absolute Gasteiger partial charge is 0.123 e. The molecule has 0 bridgehead atoms. The third-order valence-electron chi connectivity index (χ3n) is 4.13. The molecule has 2 heteroatoms. The van der Waals surface area contributed by atoms with Crippen molar-refractivity contribution in [3.05, 3.63) is 64.7 Å². The molecule has 0 amide bonds. The molecule has 23 heavy (non-hydrogen) atoms. The van der Waals surface area contributed by atoms with Gasteiger partial charge in [-0.1, -0.05) is 99.9 Å². The summed E-state index contributed by atoms with van der Waals surface area (Å²) < 4.78 is 0. The van der Waals surface area contributed by atoms with Crippen molar-refractivity contribution in [1.29, 1.82) is 0 Å². The summed E-state index contributed by atoms with van der Waals surface area (Å²) in [6.07, 6.45) is 0. The first-order chi connectivity index (χ1) is 10.5. The number of benzene rings is 2. The van der Waals surface area contributed by atoms with Crippen molar-refractivity contribution in [1.82, 2.24) is 0 Å². The molecule has 124 valence electrons. The maximum absolute atomic E-state index is 10.8. The number of phenols is 1. The molecule has 0 aliphatic heterocycles. The highest BCUT2D eigenvalue weighted by Crippen LogP contribution is 2.43. The van der Waals surface area contributed by atoms with Crippen LogP contribution in [0.5, 0.6) is 5.75 Å². The maximum atomic E-state index is 10.8. The molecular formula is C21H27BrO. The van der Waals surface area contributed by atoms with Crippen LogP contribution in [0.3, 0.4) is 0 Å². The summed E-state index contributed by atoms with van der Waals surface area (Å²) >= 11 is 3.84. The van der Waals surface area contributed by atoms with Crippen molar-refractivity contribution in [2.75, 3.05) is 0 Å². The molecular weight excluding hydrogens is 348 g/mol. The molecule has 2 aromatic carbocycles. The largest absolute Gasteiger partial charge is 0.507 e. The first kappa shape index (κ1) is 18.1. The monoisotopic (exact) mass is 374 g/mol. The third-order valence-corrected chi connectivity index (χ3v) is 5.19. The predicted octanol–water partition coefficient (Wildman–Crippen LogP) is 6.47. The number of hydrogen-bond donors (Lipinski definition) is 1. The third kappa shape index (κ3) is 3.98. The van der Waals surface area contributed by atoms with Crippen molar-refractivity contribution >= 4 is 15.9 Å². The number of aromatic hydroxyl groups is 1. The Morgan fingerprint density at radius 3 is 1.61 bits per heavy atom. The minimum absolute atomic E-state index is 0.108. The van der Waals surface area contributed by atoms with Crippen LogP contribution in [-0.2, 0) is 10.8 Å². The molecule has 2 aromatic rings. The molecule has 1 unspecified atom stereocenters. The van der Waals surface area contributed by atoms with Crippen LogP contribution in [0.15, 0.2) is 42.5 Å². The molecule has 1 atom stereocenters. The van der Waals surface area contributed by atoms with E-state index >= 15 is 0 Å². The quantitative estimate of drug-likeness (QED) is 0.596. The highest BCUT2D eigenvalue weighted by molar-refractivity contribution is 9.09. The van der Waals surface area contributed by atoms with Gasteiger partial charge < -0.3 is 5.11 Å². The number of rotatable bonds is 2. The summed E-state index contributed by atoms with van der Waals surface area (Å²) in [5.74, 6) is 0.432. The van der Waals surface area contributed by atoms with E-state index in [1.54, 1.807) is 0 Å². The van der Waals surface area contributed by atoms with Gasteiger partial charge in [-0.3, -0.25) is 0 Å². The van der Waals surface area contributed by atoms with Gasteiger partial charge in [-0.05, 0) is 33.1 Å². The molecule has 0 spiro atoms. The predicted molar refractivity (Wildman–Crippen MR) is 103 cm³/mol. The lowest BCUT2D eigenvalue weighted by atomic mass is 9.78. The molecule has 1 N–H and O–H groups in total. The first-order valence-electron chi connectivity index (χ1n) is 8.08. The molecule has 0 aliphatic rings. The average molecular weight is 375 g/mol. The van der Waals surface area contributed by atoms with Gasteiger partial charge in [0.25, 0.3) is 0 Å². The van der Waals surface area contributed by atoms with Gasteiger partial charge in [-0.2, -0.15) is 0 Å². The summed E-state index contributed by atoms with van der Waals surface area (Å²) in [4.78, 5) is 0.117. The van der Waals surface area contributed by atoms with E-state index in [1.165, 1.54) is 11.1 Å². The van der Waals surface area contributed by atoms with E-state index in [0.717, 1.165) is 11.1 Å². The van der Waals surface area contributed by atoms with E-state index in [2.05, 4.69) is 93.9 Å². The van der Waals surface area contributed by atoms with Crippen molar-refractivity contribution in [2.45, 2.75) is 57.2 Å².